The van der Waals surface area contributed by atoms with Gasteiger partial charge < -0.3 is 10.1 Å². The van der Waals surface area contributed by atoms with Crippen molar-refractivity contribution < 1.29 is 4.74 Å². The predicted octanol–water partition coefficient (Wildman–Crippen LogP) is 2.70. The maximum atomic E-state index is 5.02. The lowest BCUT2D eigenvalue weighted by atomic mass is 10.1. The van der Waals surface area contributed by atoms with E-state index in [-0.39, 0.29) is 0 Å². The highest BCUT2D eigenvalue weighted by Gasteiger charge is 2.05. The SMILES string of the molecule is COCc1nsc(NCc2cccc(-c3cnn(C)c3)c2)n1. The zero-order valence-corrected chi connectivity index (χ0v) is 13.3. The van der Waals surface area contributed by atoms with Gasteiger partial charge in [0.25, 0.3) is 0 Å². The quantitative estimate of drug-likeness (QED) is 0.757. The Morgan fingerprint density at radius 2 is 2.23 bits per heavy atom. The van der Waals surface area contributed by atoms with Crippen molar-refractivity contribution in [3.05, 3.63) is 48.0 Å². The first-order chi connectivity index (χ1) is 10.7. The molecule has 6 nitrogen and oxygen atoms in total. The fraction of sp³-hybridized carbons (Fsp3) is 0.267. The van der Waals surface area contributed by atoms with Gasteiger partial charge in [-0.1, -0.05) is 18.2 Å². The van der Waals surface area contributed by atoms with Gasteiger partial charge in [0.15, 0.2) is 5.82 Å². The van der Waals surface area contributed by atoms with Crippen molar-refractivity contribution in [3.63, 3.8) is 0 Å². The molecule has 0 atom stereocenters. The molecular formula is C15H17N5OS. The van der Waals surface area contributed by atoms with Gasteiger partial charge in [0.05, 0.1) is 6.20 Å². The third kappa shape index (κ3) is 3.49. The van der Waals surface area contributed by atoms with Gasteiger partial charge in [0.1, 0.15) is 6.61 Å². The van der Waals surface area contributed by atoms with Gasteiger partial charge in [-0.15, -0.1) is 0 Å². The summed E-state index contributed by atoms with van der Waals surface area (Å²) in [7, 11) is 3.56. The summed E-state index contributed by atoms with van der Waals surface area (Å²) in [5.74, 6) is 0.708. The summed E-state index contributed by atoms with van der Waals surface area (Å²) in [5.41, 5.74) is 3.46. The molecule has 1 N–H and O–H groups in total. The summed E-state index contributed by atoms with van der Waals surface area (Å²) >= 11 is 1.35. The number of anilines is 1. The molecule has 0 bridgehead atoms. The van der Waals surface area contributed by atoms with Crippen LogP contribution in [0.3, 0.4) is 0 Å². The maximum Gasteiger partial charge on any atom is 0.202 e. The van der Waals surface area contributed by atoms with E-state index in [9.17, 15) is 0 Å². The summed E-state index contributed by atoms with van der Waals surface area (Å²) in [6.45, 7) is 1.14. The van der Waals surface area contributed by atoms with Crippen LogP contribution in [0.1, 0.15) is 11.4 Å². The lowest BCUT2D eigenvalue weighted by molar-refractivity contribution is 0.179. The summed E-state index contributed by atoms with van der Waals surface area (Å²) in [5, 5.41) is 8.31. The van der Waals surface area contributed by atoms with Crippen LogP contribution in [0.25, 0.3) is 11.1 Å². The van der Waals surface area contributed by atoms with Crippen LogP contribution in [-0.4, -0.2) is 26.2 Å². The van der Waals surface area contributed by atoms with Crippen molar-refractivity contribution >= 4 is 16.7 Å². The lowest BCUT2D eigenvalue weighted by Gasteiger charge is -2.04. The van der Waals surface area contributed by atoms with Crippen molar-refractivity contribution in [1.29, 1.82) is 0 Å². The van der Waals surface area contributed by atoms with Gasteiger partial charge >= 0.3 is 0 Å². The first kappa shape index (κ1) is 14.7. The molecule has 0 aliphatic heterocycles. The topological polar surface area (TPSA) is 64.9 Å². The van der Waals surface area contributed by atoms with Crippen LogP contribution in [-0.2, 0) is 24.9 Å². The zero-order chi connectivity index (χ0) is 15.4. The number of aryl methyl sites for hydroxylation is 1. The van der Waals surface area contributed by atoms with Crippen molar-refractivity contribution in [2.24, 2.45) is 7.05 Å². The van der Waals surface area contributed by atoms with Crippen LogP contribution in [0.4, 0.5) is 5.13 Å². The van der Waals surface area contributed by atoms with Crippen molar-refractivity contribution in [2.75, 3.05) is 12.4 Å². The van der Waals surface area contributed by atoms with Crippen LogP contribution in [0.15, 0.2) is 36.7 Å². The number of nitrogens with zero attached hydrogens (tertiary/aromatic N) is 4. The van der Waals surface area contributed by atoms with Crippen molar-refractivity contribution in [1.82, 2.24) is 19.1 Å². The average Bonchev–Trinajstić information content (AvgIpc) is 3.15. The van der Waals surface area contributed by atoms with Gasteiger partial charge in [-0.05, 0) is 17.2 Å². The average molecular weight is 315 g/mol. The maximum absolute atomic E-state index is 5.02. The second-order valence-electron chi connectivity index (χ2n) is 4.91. The standard InChI is InChI=1S/C15H17N5OS/c1-20-9-13(8-17-20)12-5-3-4-11(6-12)7-16-15-18-14(10-21-2)19-22-15/h3-6,8-9H,7,10H2,1-2H3,(H,16,18,19). The molecule has 3 rings (SSSR count). The molecule has 2 aromatic heterocycles. The van der Waals surface area contributed by atoms with Crippen molar-refractivity contribution in [3.8, 4) is 11.1 Å². The van der Waals surface area contributed by atoms with Crippen LogP contribution >= 0.6 is 11.5 Å². The van der Waals surface area contributed by atoms with Crippen LogP contribution in [0, 0.1) is 0 Å². The van der Waals surface area contributed by atoms with Crippen molar-refractivity contribution in [2.45, 2.75) is 13.2 Å². The van der Waals surface area contributed by atoms with Gasteiger partial charge in [0.2, 0.25) is 5.13 Å². The molecular weight excluding hydrogens is 298 g/mol. The number of rotatable bonds is 6. The first-order valence-corrected chi connectivity index (χ1v) is 7.65. The summed E-state index contributed by atoms with van der Waals surface area (Å²) in [6.07, 6.45) is 3.88. The number of aromatic nitrogens is 4. The van der Waals surface area contributed by atoms with Gasteiger partial charge in [-0.25, -0.2) is 4.98 Å². The van der Waals surface area contributed by atoms with Gasteiger partial charge in [-0.2, -0.15) is 9.47 Å². The minimum absolute atomic E-state index is 0.439. The molecule has 114 valence electrons. The Bertz CT molecular complexity index is 752. The Kier molecular flexibility index (Phi) is 4.45. The van der Waals surface area contributed by atoms with E-state index in [1.807, 2.05) is 19.4 Å². The Morgan fingerprint density at radius 1 is 1.32 bits per heavy atom. The van der Waals surface area contributed by atoms with E-state index in [2.05, 4.69) is 44.0 Å². The number of ether oxygens (including phenoxy) is 1. The van der Waals surface area contributed by atoms with E-state index in [4.69, 9.17) is 4.74 Å². The lowest BCUT2D eigenvalue weighted by Crippen LogP contribution is -1.99. The third-order valence-corrected chi connectivity index (χ3v) is 3.86. The van der Waals surface area contributed by atoms with E-state index in [1.165, 1.54) is 17.1 Å². The molecule has 3 aromatic rings. The number of hydrogen-bond acceptors (Lipinski definition) is 6. The number of methoxy groups -OCH3 is 1. The second-order valence-corrected chi connectivity index (χ2v) is 5.66. The minimum Gasteiger partial charge on any atom is -0.377 e. The molecule has 0 saturated heterocycles. The smallest absolute Gasteiger partial charge is 0.202 e. The van der Waals surface area contributed by atoms with E-state index in [0.717, 1.165) is 16.3 Å². The normalized spacial score (nSPS) is 10.8. The molecule has 0 saturated carbocycles. The molecule has 0 aliphatic carbocycles. The van der Waals surface area contributed by atoms with E-state index in [0.29, 0.717) is 19.0 Å². The summed E-state index contributed by atoms with van der Waals surface area (Å²) < 4.78 is 11.0. The van der Waals surface area contributed by atoms with E-state index in [1.54, 1.807) is 11.8 Å². The molecule has 22 heavy (non-hydrogen) atoms. The highest BCUT2D eigenvalue weighted by atomic mass is 32.1. The van der Waals surface area contributed by atoms with E-state index >= 15 is 0 Å². The molecule has 1 aromatic carbocycles. The molecule has 0 amide bonds. The number of benzene rings is 1. The van der Waals surface area contributed by atoms with Gasteiger partial charge in [0, 0.05) is 44.0 Å². The molecule has 7 heteroatoms. The molecule has 0 unspecified atom stereocenters. The Balaban J connectivity index is 1.67. The Morgan fingerprint density at radius 3 is 3.00 bits per heavy atom. The largest absolute Gasteiger partial charge is 0.377 e. The minimum atomic E-state index is 0.439. The molecule has 2 heterocycles. The summed E-state index contributed by atoms with van der Waals surface area (Å²) in [6, 6.07) is 8.38. The fourth-order valence-corrected chi connectivity index (χ4v) is 2.69. The first-order valence-electron chi connectivity index (χ1n) is 6.88. The Labute approximate surface area is 132 Å². The molecule has 0 aliphatic rings. The van der Waals surface area contributed by atoms with E-state index < -0.39 is 0 Å². The fourth-order valence-electron chi connectivity index (χ4n) is 2.12. The zero-order valence-electron chi connectivity index (χ0n) is 12.5. The van der Waals surface area contributed by atoms with Gasteiger partial charge in [-0.3, -0.25) is 4.68 Å². The highest BCUT2D eigenvalue weighted by Crippen LogP contribution is 2.20. The highest BCUT2D eigenvalue weighted by molar-refractivity contribution is 7.09. The Hall–Kier alpha value is -2.25. The monoisotopic (exact) mass is 315 g/mol. The molecule has 0 spiro atoms. The van der Waals surface area contributed by atoms with Crippen LogP contribution in [0.5, 0.6) is 0 Å². The third-order valence-electron chi connectivity index (χ3n) is 3.15. The van der Waals surface area contributed by atoms with Crippen LogP contribution in [0.2, 0.25) is 0 Å². The summed E-state index contributed by atoms with van der Waals surface area (Å²) in [4.78, 5) is 4.36. The number of hydrogen-bond donors (Lipinski definition) is 1. The molecule has 0 radical (unpaired) electrons. The molecule has 0 fully saturated rings. The number of nitrogens with one attached hydrogen (secondary N) is 1. The second kappa shape index (κ2) is 6.67. The predicted molar refractivity (Wildman–Crippen MR) is 86.6 cm³/mol. The van der Waals surface area contributed by atoms with Crippen LogP contribution < -0.4 is 5.32 Å².